The van der Waals surface area contributed by atoms with Gasteiger partial charge in [0.1, 0.15) is 5.01 Å². The number of hydrogen-bond acceptors (Lipinski definition) is 7. The molecule has 0 aliphatic rings. The van der Waals surface area contributed by atoms with Crippen molar-refractivity contribution in [3.63, 3.8) is 0 Å². The molecule has 20 heavy (non-hydrogen) atoms. The number of rotatable bonds is 4. The van der Waals surface area contributed by atoms with E-state index >= 15 is 0 Å². The van der Waals surface area contributed by atoms with E-state index in [2.05, 4.69) is 14.6 Å². The van der Waals surface area contributed by atoms with Crippen LogP contribution in [0.3, 0.4) is 0 Å². The summed E-state index contributed by atoms with van der Waals surface area (Å²) >= 11 is 2.92. The topological polar surface area (TPSA) is 57.1 Å². The fourth-order valence-corrected chi connectivity index (χ4v) is 3.05. The SMILES string of the molecule is COc1cc2nc(/C=C/c3csnn3)sc2cc1OC. The van der Waals surface area contributed by atoms with Crippen LogP contribution in [0.2, 0.25) is 0 Å². The Kier molecular flexibility index (Phi) is 3.62. The predicted molar refractivity (Wildman–Crippen MR) is 81.6 cm³/mol. The molecule has 1 aromatic carbocycles. The van der Waals surface area contributed by atoms with Gasteiger partial charge in [-0.2, -0.15) is 0 Å². The van der Waals surface area contributed by atoms with Crippen LogP contribution in [0.15, 0.2) is 17.5 Å². The first-order valence-electron chi connectivity index (χ1n) is 5.78. The van der Waals surface area contributed by atoms with Gasteiger partial charge in [0.2, 0.25) is 0 Å². The Labute approximate surface area is 123 Å². The fraction of sp³-hybridized carbons (Fsp3) is 0.154. The van der Waals surface area contributed by atoms with Crippen molar-refractivity contribution in [2.24, 2.45) is 0 Å². The zero-order chi connectivity index (χ0) is 13.9. The molecule has 2 heterocycles. The quantitative estimate of drug-likeness (QED) is 0.740. The number of methoxy groups -OCH3 is 2. The Morgan fingerprint density at radius 1 is 1.10 bits per heavy atom. The molecule has 3 rings (SSSR count). The van der Waals surface area contributed by atoms with Gasteiger partial charge in [0.15, 0.2) is 11.5 Å². The molecule has 0 spiro atoms. The summed E-state index contributed by atoms with van der Waals surface area (Å²) in [5, 5.41) is 6.75. The van der Waals surface area contributed by atoms with E-state index in [0.29, 0.717) is 11.5 Å². The predicted octanol–water partition coefficient (Wildman–Crippen LogP) is 3.34. The van der Waals surface area contributed by atoms with Crippen molar-refractivity contribution >= 4 is 45.2 Å². The van der Waals surface area contributed by atoms with Crippen LogP contribution in [0, 0.1) is 0 Å². The number of fused-ring (bicyclic) bond motifs is 1. The first-order chi connectivity index (χ1) is 9.80. The minimum absolute atomic E-state index is 0.685. The van der Waals surface area contributed by atoms with Crippen LogP contribution >= 0.6 is 22.9 Å². The number of aromatic nitrogens is 3. The third-order valence-corrected chi connectivity index (χ3v) is 4.19. The molecule has 5 nitrogen and oxygen atoms in total. The first kappa shape index (κ1) is 13.0. The van der Waals surface area contributed by atoms with Crippen LogP contribution in [0.1, 0.15) is 10.7 Å². The van der Waals surface area contributed by atoms with Gasteiger partial charge < -0.3 is 9.47 Å². The number of hydrogen-bond donors (Lipinski definition) is 0. The summed E-state index contributed by atoms with van der Waals surface area (Å²) in [7, 11) is 3.24. The highest BCUT2D eigenvalue weighted by atomic mass is 32.1. The van der Waals surface area contributed by atoms with Gasteiger partial charge in [-0.05, 0) is 23.7 Å². The van der Waals surface area contributed by atoms with Crippen LogP contribution in [0.25, 0.3) is 22.4 Å². The van der Waals surface area contributed by atoms with E-state index in [0.717, 1.165) is 20.9 Å². The van der Waals surface area contributed by atoms with Gasteiger partial charge >= 0.3 is 0 Å². The van der Waals surface area contributed by atoms with Crippen molar-refractivity contribution in [3.8, 4) is 11.5 Å². The Hall–Kier alpha value is -1.99. The van der Waals surface area contributed by atoms with Crippen molar-refractivity contribution in [2.75, 3.05) is 14.2 Å². The molecule has 0 amide bonds. The number of nitrogens with zero attached hydrogens (tertiary/aromatic N) is 3. The second-order valence-corrected chi connectivity index (χ2v) is 5.56. The minimum atomic E-state index is 0.685. The molecule has 0 saturated heterocycles. The highest BCUT2D eigenvalue weighted by Crippen LogP contribution is 2.35. The van der Waals surface area contributed by atoms with Gasteiger partial charge in [-0.25, -0.2) is 4.98 Å². The molecule has 0 saturated carbocycles. The molecule has 0 radical (unpaired) electrons. The zero-order valence-corrected chi connectivity index (χ0v) is 12.5. The lowest BCUT2D eigenvalue weighted by molar-refractivity contribution is 0.356. The monoisotopic (exact) mass is 305 g/mol. The van der Waals surface area contributed by atoms with Gasteiger partial charge in [0.05, 0.1) is 30.1 Å². The lowest BCUT2D eigenvalue weighted by atomic mass is 10.3. The van der Waals surface area contributed by atoms with E-state index in [4.69, 9.17) is 9.47 Å². The van der Waals surface area contributed by atoms with Gasteiger partial charge in [0.25, 0.3) is 0 Å². The van der Waals surface area contributed by atoms with Crippen molar-refractivity contribution in [1.29, 1.82) is 0 Å². The third-order valence-electron chi connectivity index (χ3n) is 2.68. The molecule has 0 atom stereocenters. The summed E-state index contributed by atoms with van der Waals surface area (Å²) in [5.74, 6) is 1.40. The van der Waals surface area contributed by atoms with Gasteiger partial charge in [-0.15, -0.1) is 16.4 Å². The average Bonchev–Trinajstić information content (AvgIpc) is 3.11. The second-order valence-electron chi connectivity index (χ2n) is 3.89. The molecule has 2 aromatic heterocycles. The molecule has 7 heteroatoms. The number of benzene rings is 1. The molecule has 0 N–H and O–H groups in total. The molecule has 0 aliphatic carbocycles. The Morgan fingerprint density at radius 2 is 1.90 bits per heavy atom. The lowest BCUT2D eigenvalue weighted by Crippen LogP contribution is -1.89. The normalized spacial score (nSPS) is 11.3. The van der Waals surface area contributed by atoms with Crippen LogP contribution in [0.4, 0.5) is 0 Å². The molecule has 0 fully saturated rings. The van der Waals surface area contributed by atoms with Gasteiger partial charge in [-0.3, -0.25) is 0 Å². The first-order valence-corrected chi connectivity index (χ1v) is 7.43. The molecular formula is C13H11N3O2S2. The maximum Gasteiger partial charge on any atom is 0.162 e. The Bertz CT molecular complexity index is 709. The standard InChI is InChI=1S/C13H11N3O2S2/c1-17-10-5-9-12(6-11(10)18-2)20-13(14-9)4-3-8-7-19-16-15-8/h3-7H,1-2H3/b4-3+. The smallest absolute Gasteiger partial charge is 0.162 e. The van der Waals surface area contributed by atoms with Crippen molar-refractivity contribution in [2.45, 2.75) is 0 Å². The van der Waals surface area contributed by atoms with Gasteiger partial charge in [0, 0.05) is 17.5 Å². The van der Waals surface area contributed by atoms with Crippen molar-refractivity contribution in [1.82, 2.24) is 14.6 Å². The highest BCUT2D eigenvalue weighted by Gasteiger charge is 2.09. The summed E-state index contributed by atoms with van der Waals surface area (Å²) < 4.78 is 15.4. The summed E-state index contributed by atoms with van der Waals surface area (Å²) in [6.07, 6.45) is 3.83. The van der Waals surface area contributed by atoms with E-state index in [1.54, 1.807) is 25.6 Å². The van der Waals surface area contributed by atoms with E-state index in [1.807, 2.05) is 29.7 Å². The van der Waals surface area contributed by atoms with E-state index in [9.17, 15) is 0 Å². The maximum atomic E-state index is 5.29. The van der Waals surface area contributed by atoms with E-state index < -0.39 is 0 Å². The summed E-state index contributed by atoms with van der Waals surface area (Å²) in [6, 6.07) is 3.82. The van der Waals surface area contributed by atoms with E-state index in [1.165, 1.54) is 11.5 Å². The van der Waals surface area contributed by atoms with Crippen LogP contribution in [-0.4, -0.2) is 28.8 Å². The van der Waals surface area contributed by atoms with Crippen molar-refractivity contribution < 1.29 is 9.47 Å². The molecule has 0 aliphatic heterocycles. The summed E-state index contributed by atoms with van der Waals surface area (Å²) in [4.78, 5) is 4.55. The fourth-order valence-electron chi connectivity index (χ4n) is 1.75. The number of thiazole rings is 1. The summed E-state index contributed by atoms with van der Waals surface area (Å²) in [6.45, 7) is 0. The average molecular weight is 305 g/mol. The van der Waals surface area contributed by atoms with Gasteiger partial charge in [-0.1, -0.05) is 4.49 Å². The zero-order valence-electron chi connectivity index (χ0n) is 10.9. The Morgan fingerprint density at radius 3 is 2.60 bits per heavy atom. The minimum Gasteiger partial charge on any atom is -0.493 e. The lowest BCUT2D eigenvalue weighted by Gasteiger charge is -2.05. The molecule has 0 unspecified atom stereocenters. The molecule has 0 bridgehead atoms. The molecular weight excluding hydrogens is 294 g/mol. The van der Waals surface area contributed by atoms with Crippen LogP contribution < -0.4 is 9.47 Å². The van der Waals surface area contributed by atoms with Crippen LogP contribution in [-0.2, 0) is 0 Å². The third kappa shape index (κ3) is 2.50. The molecule has 3 aromatic rings. The number of ether oxygens (including phenoxy) is 2. The highest BCUT2D eigenvalue weighted by molar-refractivity contribution is 7.19. The second kappa shape index (κ2) is 5.56. The maximum absolute atomic E-state index is 5.29. The molecule has 102 valence electrons. The van der Waals surface area contributed by atoms with Crippen molar-refractivity contribution in [3.05, 3.63) is 28.2 Å². The summed E-state index contributed by atoms with van der Waals surface area (Å²) in [5.41, 5.74) is 1.73. The largest absolute Gasteiger partial charge is 0.493 e. The Balaban J connectivity index is 1.98. The van der Waals surface area contributed by atoms with Crippen LogP contribution in [0.5, 0.6) is 11.5 Å². The van der Waals surface area contributed by atoms with E-state index in [-0.39, 0.29) is 0 Å².